The quantitative estimate of drug-likeness (QED) is 0.650. The molecule has 0 aromatic rings. The van der Waals surface area contributed by atoms with Crippen LogP contribution in [0.3, 0.4) is 0 Å². The molecule has 0 aromatic carbocycles. The molecule has 76 valence electrons. The Bertz CT molecular complexity index is 188. The minimum absolute atomic E-state index is 0.808. The summed E-state index contributed by atoms with van der Waals surface area (Å²) in [4.78, 5) is 0. The third-order valence-electron chi connectivity index (χ3n) is 4.23. The fourth-order valence-corrected chi connectivity index (χ4v) is 3.35. The van der Waals surface area contributed by atoms with Crippen LogP contribution in [0.5, 0.6) is 0 Å². The van der Waals surface area contributed by atoms with E-state index >= 15 is 0 Å². The summed E-state index contributed by atoms with van der Waals surface area (Å²) in [6.07, 6.45) is 2.94. The Morgan fingerprint density at radius 2 is 1.77 bits per heavy atom. The highest BCUT2D eigenvalue weighted by Crippen LogP contribution is 2.44. The van der Waals surface area contributed by atoms with Gasteiger partial charge in [0.15, 0.2) is 0 Å². The lowest BCUT2D eigenvalue weighted by Crippen LogP contribution is -2.11. The van der Waals surface area contributed by atoms with Crippen molar-refractivity contribution >= 4 is 0 Å². The summed E-state index contributed by atoms with van der Waals surface area (Å²) < 4.78 is 0. The zero-order valence-corrected chi connectivity index (χ0v) is 9.38. The van der Waals surface area contributed by atoms with Gasteiger partial charge in [-0.05, 0) is 43.4 Å². The summed E-state index contributed by atoms with van der Waals surface area (Å²) in [6.45, 7) is 9.52. The largest absolute Gasteiger partial charge is 0.308 e. The first-order chi connectivity index (χ1) is 6.09. The van der Waals surface area contributed by atoms with E-state index in [1.165, 1.54) is 12.8 Å². The molecule has 2 rings (SSSR count). The maximum absolute atomic E-state index is 3.55. The van der Waals surface area contributed by atoms with Gasteiger partial charge in [0.1, 0.15) is 0 Å². The molecule has 0 amide bonds. The number of rotatable bonds is 2. The van der Waals surface area contributed by atoms with Crippen molar-refractivity contribution in [2.24, 2.45) is 23.7 Å². The predicted octanol–water partition coefficient (Wildman–Crippen LogP) is 2.67. The van der Waals surface area contributed by atoms with Crippen LogP contribution >= 0.6 is 0 Å². The molecule has 13 heavy (non-hydrogen) atoms. The first-order valence-electron chi connectivity index (χ1n) is 5.85. The van der Waals surface area contributed by atoms with E-state index in [1.54, 1.807) is 0 Å². The summed E-state index contributed by atoms with van der Waals surface area (Å²) in [7, 11) is 0. The summed E-state index contributed by atoms with van der Waals surface area (Å²) >= 11 is 0. The molecule has 0 spiro atoms. The minimum Gasteiger partial charge on any atom is -0.308 e. The highest BCUT2D eigenvalue weighted by atomic mass is 15.1. The number of hydrogen-bond donors (Lipinski definition) is 1. The van der Waals surface area contributed by atoms with Crippen molar-refractivity contribution in [2.45, 2.75) is 52.6 Å². The number of nitrogens with one attached hydrogen (secondary N) is 1. The van der Waals surface area contributed by atoms with Gasteiger partial charge in [0.2, 0.25) is 0 Å². The summed E-state index contributed by atoms with van der Waals surface area (Å²) in [6, 6.07) is 1.68. The summed E-state index contributed by atoms with van der Waals surface area (Å²) in [5.74, 6) is 3.81. The molecule has 1 saturated carbocycles. The molecule has 2 aliphatic rings. The summed E-state index contributed by atoms with van der Waals surface area (Å²) in [5.41, 5.74) is 0. The first kappa shape index (κ1) is 9.51. The van der Waals surface area contributed by atoms with Crippen LogP contribution in [0, 0.1) is 23.7 Å². The second-order valence-electron chi connectivity index (χ2n) is 5.60. The first-order valence-corrected chi connectivity index (χ1v) is 5.85. The zero-order valence-electron chi connectivity index (χ0n) is 9.38. The molecule has 1 saturated heterocycles. The third kappa shape index (κ3) is 1.76. The maximum atomic E-state index is 3.55. The zero-order chi connectivity index (χ0) is 9.59. The van der Waals surface area contributed by atoms with Crippen LogP contribution in [0.2, 0.25) is 0 Å². The van der Waals surface area contributed by atoms with Crippen molar-refractivity contribution in [1.29, 1.82) is 0 Å². The average Bonchev–Trinajstić information content (AvgIpc) is 2.61. The fourth-order valence-electron chi connectivity index (χ4n) is 3.35. The SMILES string of the molecule is CC(C)C1CC(C2NC2C)CC1C. The second-order valence-corrected chi connectivity index (χ2v) is 5.60. The minimum atomic E-state index is 0.808. The van der Waals surface area contributed by atoms with Crippen LogP contribution in [0.15, 0.2) is 0 Å². The molecular formula is C12H23N. The van der Waals surface area contributed by atoms with E-state index < -0.39 is 0 Å². The highest BCUT2D eigenvalue weighted by Gasteiger charge is 2.44. The highest BCUT2D eigenvalue weighted by molar-refractivity contribution is 5.02. The van der Waals surface area contributed by atoms with Gasteiger partial charge in [-0.1, -0.05) is 20.8 Å². The van der Waals surface area contributed by atoms with E-state index in [2.05, 4.69) is 33.0 Å². The topological polar surface area (TPSA) is 21.9 Å². The second kappa shape index (κ2) is 3.27. The molecule has 0 bridgehead atoms. The van der Waals surface area contributed by atoms with Gasteiger partial charge in [0, 0.05) is 12.1 Å². The van der Waals surface area contributed by atoms with Gasteiger partial charge in [-0.15, -0.1) is 0 Å². The monoisotopic (exact) mass is 181 g/mol. The van der Waals surface area contributed by atoms with Gasteiger partial charge in [-0.2, -0.15) is 0 Å². The maximum Gasteiger partial charge on any atom is 0.0250 e. The molecule has 1 N–H and O–H groups in total. The number of hydrogen-bond acceptors (Lipinski definition) is 1. The van der Waals surface area contributed by atoms with Crippen molar-refractivity contribution in [2.75, 3.05) is 0 Å². The molecule has 0 aromatic heterocycles. The van der Waals surface area contributed by atoms with E-state index in [9.17, 15) is 0 Å². The molecular weight excluding hydrogens is 158 g/mol. The lowest BCUT2D eigenvalue weighted by molar-refractivity contribution is 0.312. The van der Waals surface area contributed by atoms with E-state index in [0.717, 1.165) is 35.8 Å². The van der Waals surface area contributed by atoms with E-state index in [-0.39, 0.29) is 0 Å². The van der Waals surface area contributed by atoms with Crippen LogP contribution in [0.4, 0.5) is 0 Å². The molecule has 5 unspecified atom stereocenters. The Labute approximate surface area is 82.3 Å². The van der Waals surface area contributed by atoms with E-state index in [0.29, 0.717) is 0 Å². The van der Waals surface area contributed by atoms with Crippen LogP contribution in [0.25, 0.3) is 0 Å². The van der Waals surface area contributed by atoms with Crippen LogP contribution in [-0.4, -0.2) is 12.1 Å². The Balaban J connectivity index is 1.91. The third-order valence-corrected chi connectivity index (χ3v) is 4.23. The molecule has 2 fully saturated rings. The average molecular weight is 181 g/mol. The molecule has 1 heterocycles. The lowest BCUT2D eigenvalue weighted by atomic mass is 9.87. The fraction of sp³-hybridized carbons (Fsp3) is 1.00. The Morgan fingerprint density at radius 3 is 2.15 bits per heavy atom. The van der Waals surface area contributed by atoms with Gasteiger partial charge >= 0.3 is 0 Å². The van der Waals surface area contributed by atoms with E-state index in [4.69, 9.17) is 0 Å². The van der Waals surface area contributed by atoms with Crippen molar-refractivity contribution in [3.05, 3.63) is 0 Å². The van der Waals surface area contributed by atoms with Gasteiger partial charge < -0.3 is 5.32 Å². The van der Waals surface area contributed by atoms with Gasteiger partial charge in [0.25, 0.3) is 0 Å². The van der Waals surface area contributed by atoms with Crippen molar-refractivity contribution in [3.8, 4) is 0 Å². The Morgan fingerprint density at radius 1 is 1.15 bits per heavy atom. The van der Waals surface area contributed by atoms with Crippen LogP contribution in [0.1, 0.15) is 40.5 Å². The normalized spacial score (nSPS) is 50.1. The predicted molar refractivity (Wildman–Crippen MR) is 56.6 cm³/mol. The Hall–Kier alpha value is -0.0400. The smallest absolute Gasteiger partial charge is 0.0250 e. The van der Waals surface area contributed by atoms with Crippen molar-refractivity contribution < 1.29 is 0 Å². The van der Waals surface area contributed by atoms with Gasteiger partial charge in [-0.25, -0.2) is 0 Å². The Kier molecular flexibility index (Phi) is 2.39. The van der Waals surface area contributed by atoms with Crippen molar-refractivity contribution in [3.63, 3.8) is 0 Å². The molecule has 0 radical (unpaired) electrons. The lowest BCUT2D eigenvalue weighted by Gasteiger charge is -2.18. The molecule has 5 atom stereocenters. The molecule has 1 heteroatoms. The standard InChI is InChI=1S/C12H23N/c1-7(2)11-6-10(5-8(11)3)12-9(4)13-12/h7-13H,5-6H2,1-4H3. The summed E-state index contributed by atoms with van der Waals surface area (Å²) in [5, 5.41) is 3.55. The van der Waals surface area contributed by atoms with Crippen molar-refractivity contribution in [1.82, 2.24) is 5.32 Å². The van der Waals surface area contributed by atoms with Gasteiger partial charge in [-0.3, -0.25) is 0 Å². The molecule has 1 aliphatic heterocycles. The molecule has 1 aliphatic carbocycles. The molecule has 1 nitrogen and oxygen atoms in total. The van der Waals surface area contributed by atoms with Crippen LogP contribution < -0.4 is 5.32 Å². The van der Waals surface area contributed by atoms with Gasteiger partial charge in [0.05, 0.1) is 0 Å². The van der Waals surface area contributed by atoms with E-state index in [1.807, 2.05) is 0 Å². The van der Waals surface area contributed by atoms with Crippen LogP contribution in [-0.2, 0) is 0 Å².